The fourth-order valence-electron chi connectivity index (χ4n) is 6.10. The van der Waals surface area contributed by atoms with E-state index in [-0.39, 0.29) is 6.85 Å². The molecule has 0 spiro atoms. The van der Waals surface area contributed by atoms with Crippen molar-refractivity contribution in [3.8, 4) is 32.8 Å². The first-order valence-electron chi connectivity index (χ1n) is 12.6. The summed E-state index contributed by atoms with van der Waals surface area (Å²) in [6.07, 6.45) is 6.18. The summed E-state index contributed by atoms with van der Waals surface area (Å²) in [7, 11) is 2.11. The Hall–Kier alpha value is -4.29. The largest absolute Gasteiger partial charge is 0.376 e. The van der Waals surface area contributed by atoms with Gasteiger partial charge in [0, 0.05) is 64.8 Å². The highest BCUT2D eigenvalue weighted by Crippen LogP contribution is 2.48. The van der Waals surface area contributed by atoms with Crippen molar-refractivity contribution in [2.24, 2.45) is 0 Å². The number of rotatable bonds is 2. The minimum absolute atomic E-state index is 0.103. The molecule has 0 aliphatic carbocycles. The maximum atomic E-state index is 4.62. The second-order valence-electron chi connectivity index (χ2n) is 9.88. The predicted octanol–water partition coefficient (Wildman–Crippen LogP) is 5.90. The Labute approximate surface area is 220 Å². The normalized spacial score (nSPS) is 14.7. The van der Waals surface area contributed by atoms with Crippen LogP contribution in [0.1, 0.15) is 0 Å². The van der Waals surface area contributed by atoms with Gasteiger partial charge < -0.3 is 14.6 Å². The van der Waals surface area contributed by atoms with Gasteiger partial charge in [-0.2, -0.15) is 0 Å². The van der Waals surface area contributed by atoms with Crippen LogP contribution < -0.4 is 20.6 Å². The molecule has 0 N–H and O–H groups in total. The van der Waals surface area contributed by atoms with Gasteiger partial charge in [0.15, 0.2) is 0 Å². The van der Waals surface area contributed by atoms with Crippen molar-refractivity contribution in [2.75, 3.05) is 23.4 Å². The molecule has 6 heteroatoms. The third-order valence-corrected chi connectivity index (χ3v) is 8.56. The summed E-state index contributed by atoms with van der Waals surface area (Å²) in [4.78, 5) is 11.7. The monoisotopic (exact) mass is 494 g/mol. The van der Waals surface area contributed by atoms with Gasteiger partial charge in [0.05, 0.1) is 6.67 Å². The molecule has 0 saturated carbocycles. The van der Waals surface area contributed by atoms with Crippen LogP contribution in [0.4, 0.5) is 17.1 Å². The maximum Gasteiger partial charge on any atom is 0.329 e. The molecule has 3 aliphatic heterocycles. The van der Waals surface area contributed by atoms with Crippen molar-refractivity contribution < 1.29 is 0 Å². The van der Waals surface area contributed by atoms with E-state index >= 15 is 0 Å². The predicted molar refractivity (Wildman–Crippen MR) is 156 cm³/mol. The Morgan fingerprint density at radius 1 is 0.757 bits per heavy atom. The second kappa shape index (κ2) is 7.86. The summed E-state index contributed by atoms with van der Waals surface area (Å²) in [5.74, 6) is 0. The van der Waals surface area contributed by atoms with Gasteiger partial charge in [-0.25, -0.2) is 4.98 Å². The van der Waals surface area contributed by atoms with Crippen LogP contribution in [0.2, 0.25) is 0 Å². The molecule has 0 amide bonds. The minimum Gasteiger partial charge on any atom is -0.376 e. The van der Waals surface area contributed by atoms with E-state index in [9.17, 15) is 0 Å². The van der Waals surface area contributed by atoms with Crippen molar-refractivity contribution in [1.29, 1.82) is 0 Å². The van der Waals surface area contributed by atoms with E-state index in [1.807, 2.05) is 11.6 Å². The third kappa shape index (κ3) is 3.06. The van der Waals surface area contributed by atoms with Crippen LogP contribution in [0.15, 0.2) is 109 Å². The summed E-state index contributed by atoms with van der Waals surface area (Å²) in [6, 6.07) is 31.6. The Kier molecular flexibility index (Phi) is 4.43. The van der Waals surface area contributed by atoms with E-state index in [2.05, 4.69) is 124 Å². The van der Waals surface area contributed by atoms with Crippen LogP contribution in [0, 0.1) is 0 Å². The molecule has 0 bridgehead atoms. The molecule has 4 aromatic carbocycles. The van der Waals surface area contributed by atoms with Gasteiger partial charge in [-0.15, -0.1) is 11.3 Å². The quantitative estimate of drug-likeness (QED) is 0.285. The molecular weight excluding hydrogens is 471 g/mol. The van der Waals surface area contributed by atoms with E-state index < -0.39 is 0 Å². The number of nitrogens with zero attached hydrogens (tertiary/aromatic N) is 4. The third-order valence-electron chi connectivity index (χ3n) is 7.73. The molecular formula is C31H23BN4S. The molecule has 0 unspecified atom stereocenters. The van der Waals surface area contributed by atoms with Gasteiger partial charge in [0.1, 0.15) is 5.01 Å². The molecule has 0 radical (unpaired) electrons. The van der Waals surface area contributed by atoms with Gasteiger partial charge in [0.25, 0.3) is 0 Å². The SMILES string of the molecule is CN1C=CN(c2ccc3c(c2)N2B(c4ccccc4-c4ccc(-c5nccs5)cc42)c2ccccc2-3)C1. The Bertz CT molecular complexity index is 1710. The Balaban J connectivity index is 1.42. The van der Waals surface area contributed by atoms with Crippen molar-refractivity contribution in [3.05, 3.63) is 109 Å². The van der Waals surface area contributed by atoms with Gasteiger partial charge >= 0.3 is 6.85 Å². The molecule has 176 valence electrons. The van der Waals surface area contributed by atoms with Crippen LogP contribution in [-0.4, -0.2) is 30.4 Å². The summed E-state index contributed by atoms with van der Waals surface area (Å²) in [5, 5.41) is 3.10. The highest BCUT2D eigenvalue weighted by Gasteiger charge is 2.42. The van der Waals surface area contributed by atoms with Gasteiger partial charge in [-0.1, -0.05) is 66.7 Å². The summed E-state index contributed by atoms with van der Waals surface area (Å²) in [5.41, 5.74) is 12.7. The lowest BCUT2D eigenvalue weighted by Crippen LogP contribution is -2.59. The molecule has 0 atom stereocenters. The number of benzene rings is 4. The molecule has 1 aromatic heterocycles. The number of aromatic nitrogens is 1. The molecule has 8 rings (SSSR count). The first-order valence-corrected chi connectivity index (χ1v) is 13.5. The van der Waals surface area contributed by atoms with Crippen LogP contribution in [0.25, 0.3) is 32.8 Å². The van der Waals surface area contributed by atoms with E-state index in [1.165, 1.54) is 50.2 Å². The summed E-state index contributed by atoms with van der Waals surface area (Å²) >= 11 is 1.69. The van der Waals surface area contributed by atoms with E-state index in [1.54, 1.807) is 11.3 Å². The smallest absolute Gasteiger partial charge is 0.329 e. The van der Waals surface area contributed by atoms with Gasteiger partial charge in [-0.3, -0.25) is 0 Å². The van der Waals surface area contributed by atoms with Crippen molar-refractivity contribution in [1.82, 2.24) is 9.88 Å². The minimum atomic E-state index is 0.103. The second-order valence-corrected chi connectivity index (χ2v) is 10.8. The van der Waals surface area contributed by atoms with E-state index in [0.29, 0.717) is 0 Å². The number of hydrogen-bond acceptors (Lipinski definition) is 5. The van der Waals surface area contributed by atoms with Crippen LogP contribution >= 0.6 is 11.3 Å². The molecule has 4 heterocycles. The number of thiazole rings is 1. The molecule has 3 aliphatic rings. The lowest BCUT2D eigenvalue weighted by molar-refractivity contribution is 0.496. The Morgan fingerprint density at radius 3 is 2.14 bits per heavy atom. The zero-order valence-corrected chi connectivity index (χ0v) is 21.2. The molecule has 0 saturated heterocycles. The van der Waals surface area contributed by atoms with E-state index in [4.69, 9.17) is 0 Å². The van der Waals surface area contributed by atoms with Crippen LogP contribution in [0.3, 0.4) is 0 Å². The lowest BCUT2D eigenvalue weighted by atomic mass is 9.43. The molecule has 0 fully saturated rings. The lowest BCUT2D eigenvalue weighted by Gasteiger charge is -2.43. The number of anilines is 3. The van der Waals surface area contributed by atoms with Crippen molar-refractivity contribution in [3.63, 3.8) is 0 Å². The molecule has 4 nitrogen and oxygen atoms in total. The van der Waals surface area contributed by atoms with E-state index in [0.717, 1.165) is 17.2 Å². The van der Waals surface area contributed by atoms with Crippen LogP contribution in [0.5, 0.6) is 0 Å². The molecule has 5 aromatic rings. The first-order chi connectivity index (χ1) is 18.3. The van der Waals surface area contributed by atoms with Crippen LogP contribution in [-0.2, 0) is 0 Å². The number of fused-ring (bicyclic) bond motifs is 11. The topological polar surface area (TPSA) is 22.6 Å². The standard InChI is InChI=1S/C31H23BN4S/c1-34-15-16-35(20-34)22-11-13-26-24-7-3-5-9-28(24)32-27-8-4-2-6-23(27)25-12-10-21(31-33-14-17-37-31)18-29(25)36(32)30(26)19-22/h2-19H,20H2,1H3. The average molecular weight is 494 g/mol. The fourth-order valence-corrected chi connectivity index (χ4v) is 6.73. The fraction of sp³-hybridized carbons (Fsp3) is 0.0645. The average Bonchev–Trinajstić information content (AvgIpc) is 3.65. The maximum absolute atomic E-state index is 4.62. The zero-order chi connectivity index (χ0) is 24.5. The summed E-state index contributed by atoms with van der Waals surface area (Å²) < 4.78 is 0. The highest BCUT2D eigenvalue weighted by molar-refractivity contribution is 7.13. The van der Waals surface area contributed by atoms with Gasteiger partial charge in [0.2, 0.25) is 0 Å². The Morgan fingerprint density at radius 2 is 1.46 bits per heavy atom. The van der Waals surface area contributed by atoms with Gasteiger partial charge in [-0.05, 0) is 40.3 Å². The number of hydrogen-bond donors (Lipinski definition) is 0. The molecule has 37 heavy (non-hydrogen) atoms. The zero-order valence-electron chi connectivity index (χ0n) is 20.4. The van der Waals surface area contributed by atoms with Crippen molar-refractivity contribution >= 4 is 46.2 Å². The highest BCUT2D eigenvalue weighted by atomic mass is 32.1. The first kappa shape index (κ1) is 20.9. The summed E-state index contributed by atoms with van der Waals surface area (Å²) in [6.45, 7) is 0.956. The van der Waals surface area contributed by atoms with Crippen molar-refractivity contribution in [2.45, 2.75) is 0 Å².